The van der Waals surface area contributed by atoms with Crippen LogP contribution in [0.15, 0.2) is 0 Å². The Labute approximate surface area is 80.4 Å². The van der Waals surface area contributed by atoms with Gasteiger partial charge in [-0.1, -0.05) is 13.8 Å². The maximum absolute atomic E-state index is 5.43. The van der Waals surface area contributed by atoms with Crippen LogP contribution in [0.25, 0.3) is 0 Å². The Bertz CT molecular complexity index is 82.4. The second-order valence-corrected chi connectivity index (χ2v) is 4.06. The van der Waals surface area contributed by atoms with Gasteiger partial charge in [0, 0.05) is 19.8 Å². The lowest BCUT2D eigenvalue weighted by atomic mass is 10.5. The average Bonchev–Trinajstić information content (AvgIpc) is 2.10. The van der Waals surface area contributed by atoms with E-state index in [2.05, 4.69) is 13.8 Å². The molecular formula is C8H19AlO3. The van der Waals surface area contributed by atoms with Gasteiger partial charge < -0.3 is 11.4 Å². The summed E-state index contributed by atoms with van der Waals surface area (Å²) in [6.07, 6.45) is 2.04. The number of hydrogen-bond donors (Lipinski definition) is 0. The number of hydrogen-bond acceptors (Lipinski definition) is 3. The molecule has 0 aliphatic heterocycles. The molecule has 0 rings (SSSR count). The molecule has 0 saturated carbocycles. The highest BCUT2D eigenvalue weighted by molar-refractivity contribution is 6.36. The van der Waals surface area contributed by atoms with Crippen molar-refractivity contribution in [3.05, 3.63) is 0 Å². The molecular weight excluding hydrogens is 171 g/mol. The van der Waals surface area contributed by atoms with Crippen LogP contribution in [0.1, 0.15) is 33.6 Å². The predicted octanol–water partition coefficient (Wildman–Crippen LogP) is 1.86. The van der Waals surface area contributed by atoms with E-state index in [0.717, 1.165) is 26.1 Å². The van der Waals surface area contributed by atoms with E-state index in [0.29, 0.717) is 6.61 Å². The zero-order valence-corrected chi connectivity index (χ0v) is 9.49. The molecule has 0 heterocycles. The van der Waals surface area contributed by atoms with Crippen molar-refractivity contribution in [3.63, 3.8) is 0 Å². The number of rotatable bonds is 8. The van der Waals surface area contributed by atoms with E-state index in [1.54, 1.807) is 0 Å². The summed E-state index contributed by atoms with van der Waals surface area (Å²) in [5, 5.41) is 0. The predicted molar refractivity (Wildman–Crippen MR) is 49.9 cm³/mol. The Morgan fingerprint density at radius 3 is 1.67 bits per heavy atom. The Balaban J connectivity index is 3.40. The topological polar surface area (TPSA) is 27.7 Å². The Kier molecular flexibility index (Phi) is 9.83. The fraction of sp³-hybridized carbons (Fsp3) is 1.00. The standard InChI is InChI=1S/2C3H7O.C2H5O.Al/c2*1-2-3-4;1-2-3;/h2*2-3H2,1H3;2H2,1H3;/q3*-1;+3. The maximum atomic E-state index is 5.43. The molecule has 0 spiro atoms. The molecule has 0 aromatic heterocycles. The molecule has 0 amide bonds. The summed E-state index contributed by atoms with van der Waals surface area (Å²) in [5.41, 5.74) is 0. The molecule has 72 valence electrons. The van der Waals surface area contributed by atoms with Gasteiger partial charge in [-0.3, -0.25) is 0 Å². The SMILES string of the molecule is CCC[O][Al]([O]CC)[O]CCC. The van der Waals surface area contributed by atoms with Gasteiger partial charge in [0.15, 0.2) is 0 Å². The smallest absolute Gasteiger partial charge is 0.455 e. The highest BCUT2D eigenvalue weighted by Gasteiger charge is 2.29. The molecule has 0 bridgehead atoms. The summed E-state index contributed by atoms with van der Waals surface area (Å²) in [4.78, 5) is 0. The molecule has 0 aliphatic rings. The first-order valence-corrected chi connectivity index (χ1v) is 6.11. The second-order valence-electron chi connectivity index (χ2n) is 2.49. The van der Waals surface area contributed by atoms with Gasteiger partial charge in [0.25, 0.3) is 0 Å². The van der Waals surface area contributed by atoms with E-state index in [1.807, 2.05) is 6.92 Å². The first-order chi connectivity index (χ1) is 5.85. The van der Waals surface area contributed by atoms with Gasteiger partial charge in [-0.2, -0.15) is 0 Å². The lowest BCUT2D eigenvalue weighted by Gasteiger charge is -2.10. The second kappa shape index (κ2) is 9.50. The maximum Gasteiger partial charge on any atom is 0.905 e. The molecule has 0 aliphatic carbocycles. The highest BCUT2D eigenvalue weighted by Crippen LogP contribution is 1.95. The van der Waals surface area contributed by atoms with Gasteiger partial charge in [-0.15, -0.1) is 0 Å². The van der Waals surface area contributed by atoms with Gasteiger partial charge in [0.05, 0.1) is 0 Å². The monoisotopic (exact) mass is 190 g/mol. The summed E-state index contributed by atoms with van der Waals surface area (Å²) in [6, 6.07) is 0. The molecule has 0 unspecified atom stereocenters. The van der Waals surface area contributed by atoms with Gasteiger partial charge in [-0.05, 0) is 19.8 Å². The van der Waals surface area contributed by atoms with Crippen LogP contribution in [-0.2, 0) is 11.4 Å². The molecule has 0 atom stereocenters. The quantitative estimate of drug-likeness (QED) is 0.547. The third-order valence-corrected chi connectivity index (χ3v) is 2.84. The molecule has 0 fully saturated rings. The summed E-state index contributed by atoms with van der Waals surface area (Å²) >= 11 is -1.77. The van der Waals surface area contributed by atoms with Crippen molar-refractivity contribution in [1.29, 1.82) is 0 Å². The van der Waals surface area contributed by atoms with Crippen molar-refractivity contribution in [2.75, 3.05) is 19.8 Å². The minimum atomic E-state index is -1.77. The van der Waals surface area contributed by atoms with E-state index in [-0.39, 0.29) is 0 Å². The molecule has 0 radical (unpaired) electrons. The zero-order valence-electron chi connectivity index (χ0n) is 8.34. The van der Waals surface area contributed by atoms with Crippen LogP contribution in [0.5, 0.6) is 0 Å². The largest absolute Gasteiger partial charge is 0.905 e. The van der Waals surface area contributed by atoms with E-state index in [1.165, 1.54) is 0 Å². The lowest BCUT2D eigenvalue weighted by Crippen LogP contribution is -2.27. The Morgan fingerprint density at radius 1 is 0.833 bits per heavy atom. The highest BCUT2D eigenvalue weighted by atomic mass is 27.3. The third kappa shape index (κ3) is 7.08. The normalized spacial score (nSPS) is 10.2. The van der Waals surface area contributed by atoms with Gasteiger partial charge in [0.2, 0.25) is 0 Å². The van der Waals surface area contributed by atoms with E-state index in [9.17, 15) is 0 Å². The van der Waals surface area contributed by atoms with Crippen molar-refractivity contribution in [1.82, 2.24) is 0 Å². The molecule has 0 saturated heterocycles. The van der Waals surface area contributed by atoms with E-state index < -0.39 is 15.1 Å². The lowest BCUT2D eigenvalue weighted by molar-refractivity contribution is 0.0976. The van der Waals surface area contributed by atoms with E-state index >= 15 is 0 Å². The Hall–Kier alpha value is 0.412. The van der Waals surface area contributed by atoms with Crippen LogP contribution in [-0.4, -0.2) is 35.0 Å². The van der Waals surface area contributed by atoms with Crippen molar-refractivity contribution in [3.8, 4) is 0 Å². The molecule has 0 aromatic carbocycles. The van der Waals surface area contributed by atoms with Crippen LogP contribution in [0.2, 0.25) is 0 Å². The zero-order chi connectivity index (χ0) is 9.23. The van der Waals surface area contributed by atoms with Crippen LogP contribution in [0.4, 0.5) is 0 Å². The van der Waals surface area contributed by atoms with Gasteiger partial charge in [0.1, 0.15) is 0 Å². The molecule has 3 nitrogen and oxygen atoms in total. The molecule has 0 N–H and O–H groups in total. The van der Waals surface area contributed by atoms with Gasteiger partial charge >= 0.3 is 15.1 Å². The van der Waals surface area contributed by atoms with E-state index in [4.69, 9.17) is 11.4 Å². The van der Waals surface area contributed by atoms with Crippen LogP contribution in [0, 0.1) is 0 Å². The summed E-state index contributed by atoms with van der Waals surface area (Å²) in [6.45, 7) is 8.31. The summed E-state index contributed by atoms with van der Waals surface area (Å²) in [5.74, 6) is 0. The molecule has 0 aromatic rings. The minimum Gasteiger partial charge on any atom is -0.455 e. The van der Waals surface area contributed by atoms with Crippen molar-refractivity contribution in [2.24, 2.45) is 0 Å². The van der Waals surface area contributed by atoms with Crippen molar-refractivity contribution in [2.45, 2.75) is 33.6 Å². The van der Waals surface area contributed by atoms with Crippen LogP contribution >= 0.6 is 0 Å². The minimum absolute atomic E-state index is 0.685. The summed E-state index contributed by atoms with van der Waals surface area (Å²) < 4.78 is 16.2. The Morgan fingerprint density at radius 2 is 1.33 bits per heavy atom. The fourth-order valence-electron chi connectivity index (χ4n) is 0.709. The third-order valence-electron chi connectivity index (χ3n) is 1.22. The van der Waals surface area contributed by atoms with Crippen LogP contribution < -0.4 is 0 Å². The van der Waals surface area contributed by atoms with Crippen molar-refractivity contribution < 1.29 is 11.4 Å². The fourth-order valence-corrected chi connectivity index (χ4v) is 2.13. The van der Waals surface area contributed by atoms with Gasteiger partial charge in [-0.25, -0.2) is 0 Å². The molecule has 12 heavy (non-hydrogen) atoms. The first kappa shape index (κ1) is 12.4. The van der Waals surface area contributed by atoms with Crippen LogP contribution in [0.3, 0.4) is 0 Å². The molecule has 4 heteroatoms. The summed E-state index contributed by atoms with van der Waals surface area (Å²) in [7, 11) is 0. The average molecular weight is 190 g/mol. The van der Waals surface area contributed by atoms with Crippen molar-refractivity contribution >= 4 is 15.1 Å². The first-order valence-electron chi connectivity index (χ1n) is 4.69.